The van der Waals surface area contributed by atoms with Crippen molar-refractivity contribution in [3.8, 4) is 0 Å². The quantitative estimate of drug-likeness (QED) is 0.469. The van der Waals surface area contributed by atoms with E-state index in [9.17, 15) is 14.4 Å². The van der Waals surface area contributed by atoms with Crippen molar-refractivity contribution in [1.29, 1.82) is 0 Å². The number of hydrogen-bond acceptors (Lipinski definition) is 4. The molecule has 2 aromatic rings. The number of nitrogens with zero attached hydrogens (tertiary/aromatic N) is 1. The summed E-state index contributed by atoms with van der Waals surface area (Å²) in [7, 11) is 0. The van der Waals surface area contributed by atoms with Gasteiger partial charge in [-0.2, -0.15) is 0 Å². The smallest absolute Gasteiger partial charge is 0.404 e. The highest BCUT2D eigenvalue weighted by Gasteiger charge is 2.32. The molecule has 0 saturated carbocycles. The van der Waals surface area contributed by atoms with E-state index in [1.54, 1.807) is 12.1 Å². The SMILES string of the molecule is CCC(=O)N1c2ccccc2[C@H](Nc2ccc(C(=O)NCCCNC(=O)O)cc2)C[C@@H]1C. The fourth-order valence-electron chi connectivity index (χ4n) is 4.01. The summed E-state index contributed by atoms with van der Waals surface area (Å²) in [4.78, 5) is 37.1. The van der Waals surface area contributed by atoms with Gasteiger partial charge in [0.2, 0.25) is 5.91 Å². The van der Waals surface area contributed by atoms with Gasteiger partial charge in [-0.1, -0.05) is 25.1 Å². The van der Waals surface area contributed by atoms with Gasteiger partial charge in [-0.15, -0.1) is 0 Å². The molecule has 0 aromatic heterocycles. The van der Waals surface area contributed by atoms with Crippen molar-refractivity contribution in [2.45, 2.75) is 45.2 Å². The average Bonchev–Trinajstić information content (AvgIpc) is 2.78. The lowest BCUT2D eigenvalue weighted by molar-refractivity contribution is -0.118. The molecule has 3 amide bonds. The zero-order valence-corrected chi connectivity index (χ0v) is 18.4. The van der Waals surface area contributed by atoms with Gasteiger partial charge in [0.05, 0.1) is 6.04 Å². The minimum absolute atomic E-state index is 0.0588. The van der Waals surface area contributed by atoms with Crippen molar-refractivity contribution in [2.75, 3.05) is 23.3 Å². The second-order valence-electron chi connectivity index (χ2n) is 7.88. The molecule has 170 valence electrons. The van der Waals surface area contributed by atoms with Gasteiger partial charge in [0, 0.05) is 42.5 Å². The van der Waals surface area contributed by atoms with Crippen LogP contribution in [0.1, 0.15) is 55.1 Å². The Kier molecular flexibility index (Phi) is 7.70. The Hall–Kier alpha value is -3.55. The summed E-state index contributed by atoms with van der Waals surface area (Å²) in [6, 6.07) is 15.4. The maximum absolute atomic E-state index is 12.5. The fraction of sp³-hybridized carbons (Fsp3) is 0.375. The molecule has 8 heteroatoms. The van der Waals surface area contributed by atoms with Crippen LogP contribution >= 0.6 is 0 Å². The number of carboxylic acid groups (broad SMARTS) is 1. The largest absolute Gasteiger partial charge is 0.465 e. The van der Waals surface area contributed by atoms with Gasteiger partial charge < -0.3 is 26.0 Å². The van der Waals surface area contributed by atoms with Crippen molar-refractivity contribution in [2.24, 2.45) is 0 Å². The van der Waals surface area contributed by atoms with Gasteiger partial charge in [0.25, 0.3) is 5.91 Å². The van der Waals surface area contributed by atoms with E-state index < -0.39 is 6.09 Å². The normalized spacial score (nSPS) is 17.2. The number of amides is 3. The molecule has 0 aliphatic carbocycles. The molecule has 1 aliphatic rings. The van der Waals surface area contributed by atoms with Crippen molar-refractivity contribution >= 4 is 29.3 Å². The van der Waals surface area contributed by atoms with Gasteiger partial charge in [-0.05, 0) is 55.7 Å². The van der Waals surface area contributed by atoms with Crippen LogP contribution in [0.15, 0.2) is 48.5 Å². The van der Waals surface area contributed by atoms with Crippen LogP contribution in [0.25, 0.3) is 0 Å². The topological polar surface area (TPSA) is 111 Å². The summed E-state index contributed by atoms with van der Waals surface area (Å²) in [6.07, 6.45) is 0.708. The van der Waals surface area contributed by atoms with E-state index in [1.807, 2.05) is 42.2 Å². The average molecular weight is 439 g/mol. The third kappa shape index (κ3) is 5.57. The van der Waals surface area contributed by atoms with Crippen LogP contribution < -0.4 is 20.9 Å². The first-order valence-electron chi connectivity index (χ1n) is 10.9. The first-order chi connectivity index (χ1) is 15.4. The van der Waals surface area contributed by atoms with E-state index in [-0.39, 0.29) is 23.9 Å². The van der Waals surface area contributed by atoms with Crippen molar-refractivity contribution in [1.82, 2.24) is 10.6 Å². The summed E-state index contributed by atoms with van der Waals surface area (Å²) in [5, 5.41) is 17.1. The third-order valence-electron chi connectivity index (χ3n) is 5.56. The lowest BCUT2D eigenvalue weighted by Gasteiger charge is -2.40. The number of para-hydroxylation sites is 1. The molecule has 0 radical (unpaired) electrons. The van der Waals surface area contributed by atoms with Crippen LogP contribution in [-0.4, -0.2) is 42.1 Å². The minimum atomic E-state index is -1.07. The molecular weight excluding hydrogens is 408 g/mol. The zero-order valence-electron chi connectivity index (χ0n) is 18.4. The summed E-state index contributed by atoms with van der Waals surface area (Å²) in [5.74, 6) is -0.0743. The Morgan fingerprint density at radius 1 is 1.03 bits per heavy atom. The first kappa shape index (κ1) is 23.1. The summed E-state index contributed by atoms with van der Waals surface area (Å²) < 4.78 is 0. The van der Waals surface area contributed by atoms with Crippen LogP contribution in [-0.2, 0) is 4.79 Å². The predicted molar refractivity (Wildman–Crippen MR) is 124 cm³/mol. The van der Waals surface area contributed by atoms with E-state index in [0.29, 0.717) is 31.5 Å². The van der Waals surface area contributed by atoms with Crippen LogP contribution in [0.3, 0.4) is 0 Å². The molecule has 0 unspecified atom stereocenters. The van der Waals surface area contributed by atoms with E-state index in [1.165, 1.54) is 0 Å². The van der Waals surface area contributed by atoms with E-state index >= 15 is 0 Å². The molecular formula is C24H30N4O4. The highest BCUT2D eigenvalue weighted by Crippen LogP contribution is 2.39. The standard InChI is InChI=1S/C24H30N4O4/c1-3-22(29)28-16(2)15-20(19-7-4-5-8-21(19)28)27-18-11-9-17(10-12-18)23(30)25-13-6-14-26-24(31)32/h4-5,7-12,16,20,26-27H,3,6,13-15H2,1-2H3,(H,25,30)(H,31,32)/t16-,20+/m0/s1. The van der Waals surface area contributed by atoms with Crippen LogP contribution in [0.5, 0.6) is 0 Å². The van der Waals surface area contributed by atoms with Crippen LogP contribution in [0, 0.1) is 0 Å². The molecule has 0 spiro atoms. The second-order valence-corrected chi connectivity index (χ2v) is 7.88. The Morgan fingerprint density at radius 3 is 2.41 bits per heavy atom. The Morgan fingerprint density at radius 2 is 1.72 bits per heavy atom. The van der Waals surface area contributed by atoms with Gasteiger partial charge in [-0.3, -0.25) is 9.59 Å². The number of rotatable bonds is 8. The Balaban J connectivity index is 1.63. The molecule has 2 atom stereocenters. The Labute approximate surface area is 188 Å². The number of hydrogen-bond donors (Lipinski definition) is 4. The van der Waals surface area contributed by atoms with Gasteiger partial charge in [0.1, 0.15) is 0 Å². The summed E-state index contributed by atoms with van der Waals surface area (Å²) >= 11 is 0. The van der Waals surface area contributed by atoms with Gasteiger partial charge in [-0.25, -0.2) is 4.79 Å². The number of carbonyl (C=O) groups is 3. The lowest BCUT2D eigenvalue weighted by Crippen LogP contribution is -2.44. The van der Waals surface area contributed by atoms with E-state index in [4.69, 9.17) is 5.11 Å². The monoisotopic (exact) mass is 438 g/mol. The first-order valence-corrected chi connectivity index (χ1v) is 10.9. The molecule has 0 saturated heterocycles. The molecule has 1 aliphatic heterocycles. The Bertz CT molecular complexity index is 961. The molecule has 2 aromatic carbocycles. The number of nitrogens with one attached hydrogen (secondary N) is 3. The number of fused-ring (bicyclic) bond motifs is 1. The van der Waals surface area contributed by atoms with Crippen molar-refractivity contribution < 1.29 is 19.5 Å². The van der Waals surface area contributed by atoms with Crippen molar-refractivity contribution in [3.63, 3.8) is 0 Å². The summed E-state index contributed by atoms with van der Waals surface area (Å²) in [6.45, 7) is 4.63. The number of anilines is 2. The summed E-state index contributed by atoms with van der Waals surface area (Å²) in [5.41, 5.74) is 3.47. The molecule has 32 heavy (non-hydrogen) atoms. The van der Waals surface area contributed by atoms with E-state index in [0.717, 1.165) is 23.4 Å². The molecule has 3 rings (SSSR count). The number of benzene rings is 2. The molecule has 8 nitrogen and oxygen atoms in total. The zero-order chi connectivity index (χ0) is 23.1. The van der Waals surface area contributed by atoms with Crippen LogP contribution in [0.4, 0.5) is 16.2 Å². The molecule has 4 N–H and O–H groups in total. The van der Waals surface area contributed by atoms with E-state index in [2.05, 4.69) is 28.9 Å². The highest BCUT2D eigenvalue weighted by atomic mass is 16.4. The maximum Gasteiger partial charge on any atom is 0.404 e. The minimum Gasteiger partial charge on any atom is -0.465 e. The van der Waals surface area contributed by atoms with Crippen LogP contribution in [0.2, 0.25) is 0 Å². The lowest BCUT2D eigenvalue weighted by atomic mass is 9.91. The second kappa shape index (κ2) is 10.7. The maximum atomic E-state index is 12.5. The fourth-order valence-corrected chi connectivity index (χ4v) is 4.01. The predicted octanol–water partition coefficient (Wildman–Crippen LogP) is 3.76. The third-order valence-corrected chi connectivity index (χ3v) is 5.56. The number of carbonyl (C=O) groups excluding carboxylic acids is 2. The molecule has 1 heterocycles. The highest BCUT2D eigenvalue weighted by molar-refractivity contribution is 5.95. The van der Waals surface area contributed by atoms with Crippen molar-refractivity contribution in [3.05, 3.63) is 59.7 Å². The molecule has 0 fully saturated rings. The molecule has 0 bridgehead atoms. The van der Waals surface area contributed by atoms with Gasteiger partial charge >= 0.3 is 6.09 Å². The van der Waals surface area contributed by atoms with Gasteiger partial charge in [0.15, 0.2) is 0 Å².